The van der Waals surface area contributed by atoms with Gasteiger partial charge in [0.05, 0.1) is 12.3 Å². The van der Waals surface area contributed by atoms with Crippen molar-refractivity contribution in [3.8, 4) is 17.6 Å². The molecular formula is C27H27NO3. The van der Waals surface area contributed by atoms with E-state index in [0.29, 0.717) is 6.61 Å². The van der Waals surface area contributed by atoms with Crippen molar-refractivity contribution >= 4 is 17.3 Å². The molecule has 0 aromatic heterocycles. The van der Waals surface area contributed by atoms with Crippen molar-refractivity contribution < 1.29 is 14.6 Å². The van der Waals surface area contributed by atoms with Crippen LogP contribution in [0.15, 0.2) is 78.9 Å². The summed E-state index contributed by atoms with van der Waals surface area (Å²) in [6, 6.07) is 26.2. The van der Waals surface area contributed by atoms with E-state index < -0.39 is 5.97 Å². The third-order valence-electron chi connectivity index (χ3n) is 4.99. The summed E-state index contributed by atoms with van der Waals surface area (Å²) in [4.78, 5) is 13.3. The number of carbonyl (C=O) groups is 1. The lowest BCUT2D eigenvalue weighted by atomic mass is 9.96. The highest BCUT2D eigenvalue weighted by Crippen LogP contribution is 2.27. The maximum atomic E-state index is 11.1. The summed E-state index contributed by atoms with van der Waals surface area (Å²) in [6.45, 7) is 5.18. The van der Waals surface area contributed by atoms with Crippen LogP contribution in [0, 0.1) is 11.8 Å². The summed E-state index contributed by atoms with van der Waals surface area (Å²) in [5, 5.41) is 9.09. The zero-order valence-corrected chi connectivity index (χ0v) is 17.9. The number of anilines is 2. The van der Waals surface area contributed by atoms with Crippen LogP contribution in [0.2, 0.25) is 0 Å². The van der Waals surface area contributed by atoms with E-state index in [1.165, 1.54) is 0 Å². The van der Waals surface area contributed by atoms with Crippen LogP contribution in [-0.4, -0.2) is 17.6 Å². The molecule has 0 saturated heterocycles. The Morgan fingerprint density at radius 1 is 1.00 bits per heavy atom. The molecule has 3 aromatic carbocycles. The van der Waals surface area contributed by atoms with Gasteiger partial charge >= 0.3 is 5.97 Å². The summed E-state index contributed by atoms with van der Waals surface area (Å²) in [5.41, 5.74) is 4.24. The number of carboxylic acid groups (broad SMARTS) is 1. The van der Waals surface area contributed by atoms with E-state index in [1.807, 2.05) is 48.5 Å². The highest BCUT2D eigenvalue weighted by atomic mass is 16.5. The molecule has 0 spiro atoms. The lowest BCUT2D eigenvalue weighted by Crippen LogP contribution is -2.16. The summed E-state index contributed by atoms with van der Waals surface area (Å²) in [5.74, 6) is 5.35. The number of hydrogen-bond acceptors (Lipinski definition) is 3. The molecule has 0 aliphatic rings. The molecule has 0 radical (unpaired) electrons. The Morgan fingerprint density at radius 3 is 2.35 bits per heavy atom. The Hall–Kier alpha value is -3.71. The maximum absolute atomic E-state index is 11.1. The number of benzene rings is 3. The second-order valence-electron chi connectivity index (χ2n) is 7.15. The second-order valence-corrected chi connectivity index (χ2v) is 7.15. The lowest BCUT2D eigenvalue weighted by Gasteiger charge is -2.24. The molecule has 0 saturated carbocycles. The van der Waals surface area contributed by atoms with Gasteiger partial charge in [-0.05, 0) is 61.4 Å². The molecule has 1 N–H and O–H groups in total. The normalized spacial score (nSPS) is 11.2. The third-order valence-corrected chi connectivity index (χ3v) is 4.99. The minimum Gasteiger partial charge on any atom is -0.489 e. The van der Waals surface area contributed by atoms with Crippen LogP contribution >= 0.6 is 0 Å². The van der Waals surface area contributed by atoms with Gasteiger partial charge in [0.2, 0.25) is 0 Å². The van der Waals surface area contributed by atoms with Crippen molar-refractivity contribution in [2.45, 2.75) is 32.8 Å². The molecule has 0 amide bonds. The molecule has 4 nitrogen and oxygen atoms in total. The molecule has 0 fully saturated rings. The average Bonchev–Trinajstić information content (AvgIpc) is 2.79. The Labute approximate surface area is 184 Å². The van der Waals surface area contributed by atoms with Gasteiger partial charge < -0.3 is 14.7 Å². The highest BCUT2D eigenvalue weighted by molar-refractivity contribution is 5.69. The lowest BCUT2D eigenvalue weighted by molar-refractivity contribution is -0.137. The van der Waals surface area contributed by atoms with E-state index in [4.69, 9.17) is 9.84 Å². The fourth-order valence-electron chi connectivity index (χ4n) is 3.50. The molecule has 0 aliphatic carbocycles. The van der Waals surface area contributed by atoms with Gasteiger partial charge in [0.25, 0.3) is 0 Å². The zero-order valence-electron chi connectivity index (χ0n) is 17.9. The summed E-state index contributed by atoms with van der Waals surface area (Å²) in [6.07, 6.45) is -0.0107. The number of para-hydroxylation sites is 1. The van der Waals surface area contributed by atoms with Crippen LogP contribution in [0.25, 0.3) is 0 Å². The molecule has 0 bridgehead atoms. The topological polar surface area (TPSA) is 49.8 Å². The first-order valence-electron chi connectivity index (χ1n) is 10.4. The van der Waals surface area contributed by atoms with Crippen molar-refractivity contribution in [1.29, 1.82) is 0 Å². The van der Waals surface area contributed by atoms with Crippen molar-refractivity contribution in [2.24, 2.45) is 0 Å². The minimum atomic E-state index is -0.857. The smallest absolute Gasteiger partial charge is 0.304 e. The number of aliphatic carboxylic acids is 1. The van der Waals surface area contributed by atoms with Gasteiger partial charge in [0.15, 0.2) is 0 Å². The minimum absolute atomic E-state index is 0.0107. The SMILES string of the molecule is CC#CC(CC(=O)O)c1ccc(OCc2cccc(N(CC)c3ccccc3)c2)cc1. The molecule has 3 rings (SSSR count). The fraction of sp³-hybridized carbons (Fsp3) is 0.222. The first-order valence-corrected chi connectivity index (χ1v) is 10.4. The molecule has 1 atom stereocenters. The molecular weight excluding hydrogens is 386 g/mol. The van der Waals surface area contributed by atoms with Crippen LogP contribution in [0.5, 0.6) is 5.75 Å². The molecule has 31 heavy (non-hydrogen) atoms. The zero-order chi connectivity index (χ0) is 22.1. The Balaban J connectivity index is 1.68. The van der Waals surface area contributed by atoms with Gasteiger partial charge in [-0.3, -0.25) is 4.79 Å². The van der Waals surface area contributed by atoms with Gasteiger partial charge in [0, 0.05) is 17.9 Å². The molecule has 1 unspecified atom stereocenters. The highest BCUT2D eigenvalue weighted by Gasteiger charge is 2.13. The Kier molecular flexibility index (Phi) is 7.73. The average molecular weight is 414 g/mol. The summed E-state index contributed by atoms with van der Waals surface area (Å²) < 4.78 is 5.97. The first kappa shape index (κ1) is 22.0. The first-order chi connectivity index (χ1) is 15.1. The quantitative estimate of drug-likeness (QED) is 0.437. The Morgan fingerprint density at radius 2 is 1.71 bits per heavy atom. The number of nitrogens with zero attached hydrogens (tertiary/aromatic N) is 1. The van der Waals surface area contributed by atoms with E-state index in [0.717, 1.165) is 34.8 Å². The van der Waals surface area contributed by atoms with Crippen LogP contribution in [0.4, 0.5) is 11.4 Å². The predicted molar refractivity (Wildman–Crippen MR) is 125 cm³/mol. The van der Waals surface area contributed by atoms with E-state index in [9.17, 15) is 4.79 Å². The Bertz CT molecular complexity index is 1050. The van der Waals surface area contributed by atoms with Gasteiger partial charge in [-0.15, -0.1) is 5.92 Å². The van der Waals surface area contributed by atoms with Crippen LogP contribution in [0.3, 0.4) is 0 Å². The molecule has 3 aromatic rings. The second kappa shape index (κ2) is 10.9. The van der Waals surface area contributed by atoms with Gasteiger partial charge in [-0.2, -0.15) is 0 Å². The van der Waals surface area contributed by atoms with Gasteiger partial charge in [-0.25, -0.2) is 0 Å². The number of ether oxygens (including phenoxy) is 1. The van der Waals surface area contributed by atoms with E-state index in [1.54, 1.807) is 6.92 Å². The van der Waals surface area contributed by atoms with Crippen LogP contribution < -0.4 is 9.64 Å². The van der Waals surface area contributed by atoms with Crippen molar-refractivity contribution in [3.63, 3.8) is 0 Å². The van der Waals surface area contributed by atoms with Crippen molar-refractivity contribution in [2.75, 3.05) is 11.4 Å². The van der Waals surface area contributed by atoms with Crippen molar-refractivity contribution in [1.82, 2.24) is 0 Å². The van der Waals surface area contributed by atoms with E-state index in [-0.39, 0.29) is 12.3 Å². The monoisotopic (exact) mass is 413 g/mol. The maximum Gasteiger partial charge on any atom is 0.304 e. The summed E-state index contributed by atoms with van der Waals surface area (Å²) >= 11 is 0. The summed E-state index contributed by atoms with van der Waals surface area (Å²) in [7, 11) is 0. The number of carboxylic acids is 1. The number of hydrogen-bond donors (Lipinski definition) is 1. The predicted octanol–water partition coefficient (Wildman–Crippen LogP) is 6.01. The number of rotatable bonds is 9. The van der Waals surface area contributed by atoms with Crippen molar-refractivity contribution in [3.05, 3.63) is 90.0 Å². The van der Waals surface area contributed by atoms with Gasteiger partial charge in [0.1, 0.15) is 12.4 Å². The molecule has 4 heteroatoms. The van der Waals surface area contributed by atoms with Gasteiger partial charge in [-0.1, -0.05) is 48.4 Å². The van der Waals surface area contributed by atoms with Crippen LogP contribution in [0.1, 0.15) is 37.3 Å². The largest absolute Gasteiger partial charge is 0.489 e. The van der Waals surface area contributed by atoms with E-state index in [2.05, 4.69) is 54.0 Å². The fourth-order valence-corrected chi connectivity index (χ4v) is 3.50. The third kappa shape index (κ3) is 6.13. The molecule has 158 valence electrons. The molecule has 0 heterocycles. The standard InChI is InChI=1S/C27H27NO3/c1-3-9-23(19-27(29)30)22-14-16-26(17-15-22)31-20-21-10-8-13-25(18-21)28(4-2)24-11-6-5-7-12-24/h5-8,10-18,23H,4,19-20H2,1-2H3,(H,29,30). The molecule has 0 aliphatic heterocycles. The van der Waals surface area contributed by atoms with Crippen LogP contribution in [-0.2, 0) is 11.4 Å². The van der Waals surface area contributed by atoms with E-state index >= 15 is 0 Å².